The summed E-state index contributed by atoms with van der Waals surface area (Å²) < 4.78 is 0. The zero-order valence-corrected chi connectivity index (χ0v) is 8.82. The second-order valence-electron chi connectivity index (χ2n) is 4.27. The largest absolute Gasteiger partial charge is 0.396 e. The van der Waals surface area contributed by atoms with Gasteiger partial charge in [0.2, 0.25) is 6.21 Å². The molecule has 3 atom stereocenters. The van der Waals surface area contributed by atoms with Gasteiger partial charge >= 0.3 is 0 Å². The molecule has 3 nitrogen and oxygen atoms in total. The van der Waals surface area contributed by atoms with Gasteiger partial charge in [-0.15, -0.1) is 0 Å². The van der Waals surface area contributed by atoms with Gasteiger partial charge in [0.15, 0.2) is 0 Å². The second kappa shape index (κ2) is 3.67. The maximum Gasteiger partial charge on any atom is 0.217 e. The Morgan fingerprint density at radius 2 is 2.06 bits per heavy atom. The molecule has 0 unspecified atom stereocenters. The van der Waals surface area contributed by atoms with Crippen LogP contribution in [0.5, 0.6) is 0 Å². The summed E-state index contributed by atoms with van der Waals surface area (Å²) in [6.45, 7) is 0. The molecular weight excluding hydrogens is 202 g/mol. The third-order valence-electron chi connectivity index (χ3n) is 3.31. The van der Waals surface area contributed by atoms with E-state index in [1.54, 1.807) is 6.21 Å². The number of allylic oxidation sites excluding steroid dienone is 1. The highest BCUT2D eigenvalue weighted by Gasteiger charge is 2.36. The Kier molecular flexibility index (Phi) is 2.17. The third-order valence-corrected chi connectivity index (χ3v) is 3.31. The molecule has 0 radical (unpaired) electrons. The van der Waals surface area contributed by atoms with Gasteiger partial charge in [-0.05, 0) is 17.9 Å². The smallest absolute Gasteiger partial charge is 0.217 e. The summed E-state index contributed by atoms with van der Waals surface area (Å²) in [6, 6.07) is 10.1. The van der Waals surface area contributed by atoms with Crippen molar-refractivity contribution in [2.75, 3.05) is 0 Å². The van der Waals surface area contributed by atoms with Gasteiger partial charge in [0.25, 0.3) is 0 Å². The maximum atomic E-state index is 11.4. The second-order valence-corrected chi connectivity index (χ2v) is 4.27. The van der Waals surface area contributed by atoms with Crippen LogP contribution in [0.25, 0.3) is 0 Å². The Hall–Kier alpha value is -1.77. The van der Waals surface area contributed by atoms with Gasteiger partial charge in [-0.3, -0.25) is 5.21 Å². The molecule has 0 saturated heterocycles. The lowest BCUT2D eigenvalue weighted by molar-refractivity contribution is -0.754. The van der Waals surface area contributed by atoms with Gasteiger partial charge in [0, 0.05) is 4.90 Å². The molecule has 3 heteroatoms. The molecule has 0 bridgehead atoms. The molecule has 0 saturated carbocycles. The van der Waals surface area contributed by atoms with Gasteiger partial charge in [0.1, 0.15) is 0 Å². The number of hydrogen-bond acceptors (Lipinski definition) is 2. The first-order valence-electron chi connectivity index (χ1n) is 5.54. The Morgan fingerprint density at radius 3 is 2.88 bits per heavy atom. The van der Waals surface area contributed by atoms with Crippen LogP contribution in [-0.2, 0) is 4.84 Å². The zero-order chi connectivity index (χ0) is 11.0. The predicted octanol–water partition coefficient (Wildman–Crippen LogP) is 2.24. The normalized spacial score (nSPS) is 31.8. The fourth-order valence-electron chi connectivity index (χ4n) is 2.52. The molecule has 1 aliphatic heterocycles. The third kappa shape index (κ3) is 1.48. The lowest BCUT2D eigenvalue weighted by atomic mass is 9.83. The Bertz CT molecular complexity index is 439. The minimum absolute atomic E-state index is 0.0623. The molecule has 1 heterocycles. The molecule has 2 aliphatic rings. The van der Waals surface area contributed by atoms with Crippen molar-refractivity contribution in [1.82, 2.24) is 0 Å². The van der Waals surface area contributed by atoms with Gasteiger partial charge in [-0.2, -0.15) is 0 Å². The van der Waals surface area contributed by atoms with Crippen LogP contribution in [0.2, 0.25) is 0 Å². The van der Waals surface area contributed by atoms with E-state index in [4.69, 9.17) is 4.84 Å². The van der Waals surface area contributed by atoms with Crippen molar-refractivity contribution < 1.29 is 9.74 Å². The predicted molar refractivity (Wildman–Crippen MR) is 61.0 cm³/mol. The summed E-state index contributed by atoms with van der Waals surface area (Å²) in [4.78, 5) is 5.80. The van der Waals surface area contributed by atoms with Crippen LogP contribution >= 0.6 is 0 Å². The minimum Gasteiger partial charge on any atom is -0.396 e. The Balaban J connectivity index is 1.97. The molecular formula is C13H13NO2. The lowest BCUT2D eigenvalue weighted by Gasteiger charge is -2.30. The average Bonchev–Trinajstić information content (AvgIpc) is 2.77. The molecule has 1 aromatic carbocycles. The van der Waals surface area contributed by atoms with E-state index in [0.717, 1.165) is 6.42 Å². The molecule has 16 heavy (non-hydrogen) atoms. The Labute approximate surface area is 94.2 Å². The standard InChI is InChI=1S/C13H13NO2/c15-14-9-12(10-5-2-1-3-6-10)11-7-4-8-13(11)16-14/h1-6,8-9,11-13H,7H2/t11-,12+,13-/m1/s1. The summed E-state index contributed by atoms with van der Waals surface area (Å²) in [5.74, 6) is 0.528. The van der Waals surface area contributed by atoms with Crippen LogP contribution < -0.4 is 0 Å². The first-order valence-corrected chi connectivity index (χ1v) is 5.54. The summed E-state index contributed by atoms with van der Waals surface area (Å²) >= 11 is 0. The van der Waals surface area contributed by atoms with Gasteiger partial charge in [0.05, 0.1) is 12.0 Å². The molecule has 0 fully saturated rings. The topological polar surface area (TPSA) is 35.3 Å². The van der Waals surface area contributed by atoms with Crippen LogP contribution in [0.1, 0.15) is 17.9 Å². The summed E-state index contributed by atoms with van der Waals surface area (Å²) in [5, 5.41) is 11.4. The monoisotopic (exact) mass is 215 g/mol. The van der Waals surface area contributed by atoms with Crippen LogP contribution in [0.15, 0.2) is 42.5 Å². The van der Waals surface area contributed by atoms with E-state index in [1.807, 2.05) is 24.3 Å². The number of nitrogens with zero attached hydrogens (tertiary/aromatic N) is 1. The van der Waals surface area contributed by atoms with E-state index in [-0.39, 0.29) is 12.0 Å². The summed E-state index contributed by atoms with van der Waals surface area (Å²) in [5.41, 5.74) is 1.19. The highest BCUT2D eigenvalue weighted by atomic mass is 16.9. The lowest BCUT2D eigenvalue weighted by Crippen LogP contribution is -2.35. The van der Waals surface area contributed by atoms with Crippen LogP contribution in [0.3, 0.4) is 0 Å². The van der Waals surface area contributed by atoms with E-state index in [2.05, 4.69) is 18.2 Å². The molecule has 1 aromatic rings. The molecule has 0 amide bonds. The molecule has 0 aromatic heterocycles. The van der Waals surface area contributed by atoms with Gasteiger partial charge in [-0.1, -0.05) is 42.5 Å². The van der Waals surface area contributed by atoms with E-state index < -0.39 is 0 Å². The summed E-state index contributed by atoms with van der Waals surface area (Å²) in [7, 11) is 0. The van der Waals surface area contributed by atoms with Crippen molar-refractivity contribution in [3.8, 4) is 0 Å². The molecule has 0 spiro atoms. The first kappa shape index (κ1) is 9.46. The van der Waals surface area contributed by atoms with Crippen molar-refractivity contribution in [3.63, 3.8) is 0 Å². The van der Waals surface area contributed by atoms with E-state index in [9.17, 15) is 5.21 Å². The average molecular weight is 215 g/mol. The van der Waals surface area contributed by atoms with Gasteiger partial charge < -0.3 is 4.84 Å². The van der Waals surface area contributed by atoms with E-state index in [1.165, 1.54) is 5.56 Å². The maximum absolute atomic E-state index is 11.4. The van der Waals surface area contributed by atoms with Crippen LogP contribution in [-0.4, -0.2) is 17.2 Å². The zero-order valence-electron chi connectivity index (χ0n) is 8.82. The van der Waals surface area contributed by atoms with Crippen LogP contribution in [0.4, 0.5) is 0 Å². The number of hydrogen-bond donors (Lipinski definition) is 0. The molecule has 1 aliphatic carbocycles. The first-order chi connectivity index (χ1) is 7.84. The number of fused-ring (bicyclic) bond motifs is 1. The Morgan fingerprint density at radius 1 is 1.25 bits per heavy atom. The highest BCUT2D eigenvalue weighted by Crippen LogP contribution is 2.36. The molecule has 3 rings (SSSR count). The SMILES string of the molecule is [O-][N+]1=C[C@@H](c2ccccc2)[C@H]2CC=C[C@H]2O1. The van der Waals surface area contributed by atoms with E-state index >= 15 is 0 Å². The van der Waals surface area contributed by atoms with Crippen LogP contribution in [0, 0.1) is 11.1 Å². The summed E-state index contributed by atoms with van der Waals surface area (Å²) in [6.07, 6.45) is 6.63. The van der Waals surface area contributed by atoms with Crippen molar-refractivity contribution in [1.29, 1.82) is 0 Å². The van der Waals surface area contributed by atoms with Gasteiger partial charge in [-0.25, -0.2) is 0 Å². The van der Waals surface area contributed by atoms with Crippen molar-refractivity contribution >= 4 is 6.21 Å². The minimum atomic E-state index is -0.0623. The number of rotatable bonds is 1. The number of benzene rings is 1. The highest BCUT2D eigenvalue weighted by molar-refractivity contribution is 5.65. The fraction of sp³-hybridized carbons (Fsp3) is 0.308. The molecule has 0 N–H and O–H groups in total. The quantitative estimate of drug-likeness (QED) is 0.532. The van der Waals surface area contributed by atoms with E-state index in [0.29, 0.717) is 10.8 Å². The van der Waals surface area contributed by atoms with Crippen molar-refractivity contribution in [2.45, 2.75) is 18.4 Å². The fourth-order valence-corrected chi connectivity index (χ4v) is 2.52. The van der Waals surface area contributed by atoms with Crippen molar-refractivity contribution in [3.05, 3.63) is 53.3 Å². The van der Waals surface area contributed by atoms with Crippen molar-refractivity contribution in [2.24, 2.45) is 5.92 Å². The molecule has 82 valence electrons.